The molecule has 132 valence electrons. The van der Waals surface area contributed by atoms with Crippen molar-refractivity contribution >= 4 is 43.9 Å². The molecule has 0 nitrogen and oxygen atoms in total. The van der Waals surface area contributed by atoms with E-state index < -0.39 is 18.5 Å². The average molecular weight is 433 g/mol. The molecule has 4 heteroatoms. The maximum Gasteiger partial charge on any atom is 0.0923 e. The molecule has 0 bridgehead atoms. The van der Waals surface area contributed by atoms with Crippen molar-refractivity contribution in [3.8, 4) is 0 Å². The molecular formula is C22H22Cl2SiTi. The van der Waals surface area contributed by atoms with Crippen molar-refractivity contribution in [2.24, 2.45) is 0 Å². The molecule has 0 amide bonds. The van der Waals surface area contributed by atoms with E-state index in [2.05, 4.69) is 76.2 Å². The second-order valence-electron chi connectivity index (χ2n) is 7.37. The fourth-order valence-electron chi connectivity index (χ4n) is 4.51. The number of halogens is 2. The zero-order chi connectivity index (χ0) is 18.0. The summed E-state index contributed by atoms with van der Waals surface area (Å²) < 4.78 is -0.858. The molecule has 2 aromatic rings. The van der Waals surface area contributed by atoms with E-state index in [-0.39, 0.29) is 21.7 Å². The number of rotatable bonds is 2. The SMILES string of the molecule is CC1=C(C)C(Cl)([SiH2]C2(Cl)C(C)=C(C)c3ccccc32)c2ccccc21.[Ti]. The summed E-state index contributed by atoms with van der Waals surface area (Å²) in [5.74, 6) is 0. The van der Waals surface area contributed by atoms with Crippen LogP contribution in [-0.2, 0) is 30.7 Å². The molecule has 2 atom stereocenters. The maximum absolute atomic E-state index is 7.39. The largest absolute Gasteiger partial charge is 0.114 e. The van der Waals surface area contributed by atoms with Crippen LogP contribution in [0.25, 0.3) is 11.1 Å². The van der Waals surface area contributed by atoms with Gasteiger partial charge in [-0.05, 0) is 72.2 Å². The predicted molar refractivity (Wildman–Crippen MR) is 113 cm³/mol. The van der Waals surface area contributed by atoms with Gasteiger partial charge >= 0.3 is 0 Å². The quantitative estimate of drug-likeness (QED) is 0.406. The molecule has 26 heavy (non-hydrogen) atoms. The van der Waals surface area contributed by atoms with Crippen molar-refractivity contribution in [3.63, 3.8) is 0 Å². The third kappa shape index (κ3) is 2.59. The number of hydrogen-bond donors (Lipinski definition) is 0. The third-order valence-corrected chi connectivity index (χ3v) is 10.9. The Bertz CT molecular complexity index is 885. The fraction of sp³-hybridized carbons (Fsp3) is 0.273. The molecule has 2 aromatic carbocycles. The Morgan fingerprint density at radius 1 is 0.654 bits per heavy atom. The normalized spacial score (nSPS) is 27.2. The summed E-state index contributed by atoms with van der Waals surface area (Å²) in [6.45, 7) is 8.74. The number of benzene rings is 2. The van der Waals surface area contributed by atoms with E-state index in [1.54, 1.807) is 0 Å². The van der Waals surface area contributed by atoms with E-state index in [0.29, 0.717) is 0 Å². The van der Waals surface area contributed by atoms with Gasteiger partial charge in [-0.1, -0.05) is 48.5 Å². The topological polar surface area (TPSA) is 0 Å². The molecule has 4 rings (SSSR count). The molecule has 0 radical (unpaired) electrons. The Kier molecular flexibility index (Phi) is 5.27. The monoisotopic (exact) mass is 432 g/mol. The molecule has 0 fully saturated rings. The van der Waals surface area contributed by atoms with Gasteiger partial charge in [-0.2, -0.15) is 0 Å². The van der Waals surface area contributed by atoms with Gasteiger partial charge in [0, 0.05) is 21.7 Å². The first kappa shape index (κ1) is 20.2. The van der Waals surface area contributed by atoms with Crippen LogP contribution in [0.4, 0.5) is 0 Å². The minimum atomic E-state index is -0.989. The van der Waals surface area contributed by atoms with Crippen LogP contribution >= 0.6 is 23.2 Å². The van der Waals surface area contributed by atoms with Crippen LogP contribution in [0.2, 0.25) is 0 Å². The Morgan fingerprint density at radius 3 is 1.38 bits per heavy atom. The minimum Gasteiger partial charge on any atom is -0.114 e. The molecule has 0 heterocycles. The first-order chi connectivity index (χ1) is 11.8. The van der Waals surface area contributed by atoms with Gasteiger partial charge in [-0.15, -0.1) is 23.2 Å². The number of hydrogen-bond acceptors (Lipinski definition) is 0. The van der Waals surface area contributed by atoms with Gasteiger partial charge in [0.05, 0.1) is 18.5 Å². The van der Waals surface area contributed by atoms with Crippen molar-refractivity contribution in [1.29, 1.82) is 0 Å². The van der Waals surface area contributed by atoms with Gasteiger partial charge < -0.3 is 0 Å². The van der Waals surface area contributed by atoms with Crippen LogP contribution in [0.15, 0.2) is 59.7 Å². The minimum absolute atomic E-state index is 0. The van der Waals surface area contributed by atoms with E-state index in [1.807, 2.05) is 0 Å². The van der Waals surface area contributed by atoms with Crippen molar-refractivity contribution in [1.82, 2.24) is 0 Å². The van der Waals surface area contributed by atoms with E-state index in [4.69, 9.17) is 23.2 Å². The van der Waals surface area contributed by atoms with Crippen molar-refractivity contribution in [2.45, 2.75) is 36.7 Å². The summed E-state index contributed by atoms with van der Waals surface area (Å²) in [4.78, 5) is 0. The second-order valence-corrected chi connectivity index (χ2v) is 12.0. The molecule has 0 N–H and O–H groups in total. The molecule has 2 unspecified atom stereocenters. The maximum atomic E-state index is 7.39. The van der Waals surface area contributed by atoms with Gasteiger partial charge in [0.2, 0.25) is 0 Å². The zero-order valence-corrected chi connectivity index (χ0v) is 20.1. The van der Waals surface area contributed by atoms with E-state index in [1.165, 1.54) is 44.5 Å². The van der Waals surface area contributed by atoms with Gasteiger partial charge in [0.25, 0.3) is 0 Å². The Morgan fingerprint density at radius 2 is 1.00 bits per heavy atom. The number of fused-ring (bicyclic) bond motifs is 2. The molecule has 0 saturated carbocycles. The van der Waals surface area contributed by atoms with E-state index >= 15 is 0 Å². The molecule has 0 spiro atoms. The first-order valence-corrected chi connectivity index (χ1v) is 10.9. The smallest absolute Gasteiger partial charge is 0.0923 e. The number of allylic oxidation sites excluding steroid dienone is 4. The van der Waals surface area contributed by atoms with Crippen molar-refractivity contribution in [2.75, 3.05) is 0 Å². The molecule has 0 aromatic heterocycles. The summed E-state index contributed by atoms with van der Waals surface area (Å²) in [5, 5.41) is 0. The Hall–Kier alpha value is -0.569. The summed E-state index contributed by atoms with van der Waals surface area (Å²) in [5.41, 5.74) is 10.2. The van der Waals surface area contributed by atoms with Crippen molar-refractivity contribution in [3.05, 3.63) is 81.9 Å². The summed E-state index contributed by atoms with van der Waals surface area (Å²) in [7, 11) is -0.989. The van der Waals surface area contributed by atoms with Crippen LogP contribution in [-0.4, -0.2) is 9.52 Å². The first-order valence-electron chi connectivity index (χ1n) is 8.74. The molecule has 2 aliphatic carbocycles. The molecule has 0 saturated heterocycles. The average Bonchev–Trinajstić information content (AvgIpc) is 2.93. The summed E-state index contributed by atoms with van der Waals surface area (Å²) >= 11 is 14.8. The second kappa shape index (κ2) is 6.79. The van der Waals surface area contributed by atoms with Gasteiger partial charge in [0.15, 0.2) is 0 Å². The summed E-state index contributed by atoms with van der Waals surface area (Å²) in [6, 6.07) is 17.1. The molecule has 2 aliphatic rings. The van der Waals surface area contributed by atoms with Crippen LogP contribution in [0.3, 0.4) is 0 Å². The van der Waals surface area contributed by atoms with Crippen molar-refractivity contribution < 1.29 is 21.7 Å². The molecule has 0 aliphatic heterocycles. The van der Waals surface area contributed by atoms with Crippen LogP contribution in [0.1, 0.15) is 49.9 Å². The fourth-order valence-corrected chi connectivity index (χ4v) is 9.26. The van der Waals surface area contributed by atoms with Gasteiger partial charge in [-0.25, -0.2) is 0 Å². The summed E-state index contributed by atoms with van der Waals surface area (Å²) in [6.07, 6.45) is 0. The van der Waals surface area contributed by atoms with Gasteiger partial charge in [-0.3, -0.25) is 0 Å². The Balaban J connectivity index is 0.00000196. The van der Waals surface area contributed by atoms with E-state index in [9.17, 15) is 0 Å². The third-order valence-electron chi connectivity index (χ3n) is 6.32. The van der Waals surface area contributed by atoms with Crippen LogP contribution in [0, 0.1) is 0 Å². The van der Waals surface area contributed by atoms with Crippen LogP contribution in [0.5, 0.6) is 0 Å². The standard InChI is InChI=1S/C22H22Cl2Si.Ti/c1-13-15(3)21(23,19-11-7-5-9-17(13)19)25-22(24)16(4)14(2)18-10-6-8-12-20(18)22;/h5-12H,25H2,1-4H3;. The predicted octanol–water partition coefficient (Wildman–Crippen LogP) is 5.95. The zero-order valence-electron chi connectivity index (χ0n) is 15.6. The van der Waals surface area contributed by atoms with E-state index in [0.717, 1.165) is 0 Å². The van der Waals surface area contributed by atoms with Gasteiger partial charge in [0.1, 0.15) is 0 Å². The Labute approximate surface area is 183 Å². The van der Waals surface area contributed by atoms with Crippen LogP contribution < -0.4 is 0 Å². The number of alkyl halides is 2. The molecular weight excluding hydrogens is 411 g/mol.